The lowest BCUT2D eigenvalue weighted by molar-refractivity contribution is 0.229. The maximum atomic E-state index is 3.88. The van der Waals surface area contributed by atoms with Gasteiger partial charge in [-0.3, -0.25) is 13.8 Å². The Hall–Kier alpha value is 0.527. The van der Waals surface area contributed by atoms with Crippen LogP contribution in [0.3, 0.4) is 0 Å². The molecule has 0 aliphatic carbocycles. The Morgan fingerprint density at radius 1 is 0.737 bits per heavy atom. The molecule has 1 aliphatic rings. The van der Waals surface area contributed by atoms with E-state index in [0.717, 1.165) is 0 Å². The summed E-state index contributed by atoms with van der Waals surface area (Å²) in [5.74, 6) is 0. The van der Waals surface area contributed by atoms with E-state index in [9.17, 15) is 0 Å². The Morgan fingerprint density at radius 3 is 1.26 bits per heavy atom. The lowest BCUT2D eigenvalue weighted by Crippen LogP contribution is -2.79. The summed E-state index contributed by atoms with van der Waals surface area (Å²) in [5.41, 5.74) is 0.631. The fraction of sp³-hybridized carbons (Fsp3) is 1.00. The maximum absolute atomic E-state index is 3.88. The zero-order valence-electron chi connectivity index (χ0n) is 14.8. The number of nitrogens with zero attached hydrogens (tertiary/aromatic N) is 2. The average Bonchev–Trinajstić information content (AvgIpc) is 1.90. The quantitative estimate of drug-likeness (QED) is 0.567. The summed E-state index contributed by atoms with van der Waals surface area (Å²) in [5, 5.41) is 3.88. The standard InChI is InChI=1S/C14H34N3PSi/c1-12(2,3)15-18-16(13(4,5)6)19(10,11)17(18)14(7,8)9/h15H,1-11H3. The highest BCUT2D eigenvalue weighted by Crippen LogP contribution is 2.64. The van der Waals surface area contributed by atoms with Crippen molar-refractivity contribution in [3.63, 3.8) is 0 Å². The highest BCUT2D eigenvalue weighted by Gasteiger charge is 2.62. The van der Waals surface area contributed by atoms with Crippen LogP contribution in [0.4, 0.5) is 0 Å². The van der Waals surface area contributed by atoms with Gasteiger partial charge in [-0.2, -0.15) is 0 Å². The molecule has 0 amide bonds. The first kappa shape index (κ1) is 17.6. The Kier molecular flexibility index (Phi) is 4.42. The van der Waals surface area contributed by atoms with Gasteiger partial charge in [0, 0.05) is 16.6 Å². The fourth-order valence-corrected chi connectivity index (χ4v) is 13.3. The zero-order chi connectivity index (χ0) is 15.4. The van der Waals surface area contributed by atoms with Crippen molar-refractivity contribution in [1.82, 2.24) is 13.8 Å². The van der Waals surface area contributed by atoms with Crippen molar-refractivity contribution in [2.45, 2.75) is 92.0 Å². The van der Waals surface area contributed by atoms with Crippen LogP contribution in [0.1, 0.15) is 62.3 Å². The molecule has 0 atom stereocenters. The van der Waals surface area contributed by atoms with E-state index in [1.807, 2.05) is 0 Å². The molecule has 1 heterocycles. The number of hydrogen-bond donors (Lipinski definition) is 1. The number of hydrogen-bond acceptors (Lipinski definition) is 3. The third kappa shape index (κ3) is 3.59. The Bertz CT molecular complexity index is 312. The second-order valence-corrected chi connectivity index (χ2v) is 15.3. The van der Waals surface area contributed by atoms with E-state index in [4.69, 9.17) is 0 Å². The van der Waals surface area contributed by atoms with Crippen LogP contribution in [0, 0.1) is 0 Å². The minimum Gasteiger partial charge on any atom is -0.267 e. The molecular formula is C14H34N3PSi. The van der Waals surface area contributed by atoms with Crippen molar-refractivity contribution in [3.8, 4) is 0 Å². The smallest absolute Gasteiger partial charge is 0.212 e. The van der Waals surface area contributed by atoms with Crippen LogP contribution in [0.5, 0.6) is 0 Å². The zero-order valence-corrected chi connectivity index (χ0v) is 16.7. The van der Waals surface area contributed by atoms with Gasteiger partial charge >= 0.3 is 0 Å². The van der Waals surface area contributed by atoms with Gasteiger partial charge in [-0.1, -0.05) is 0 Å². The molecule has 0 saturated carbocycles. The minimum absolute atomic E-state index is 0.156. The Morgan fingerprint density at radius 2 is 1.05 bits per heavy atom. The van der Waals surface area contributed by atoms with Crippen LogP contribution < -0.4 is 5.09 Å². The number of rotatable bonds is 1. The molecule has 3 nitrogen and oxygen atoms in total. The van der Waals surface area contributed by atoms with Crippen LogP contribution in [0.15, 0.2) is 0 Å². The van der Waals surface area contributed by atoms with E-state index >= 15 is 0 Å². The van der Waals surface area contributed by atoms with Crippen LogP contribution in [0.25, 0.3) is 0 Å². The average molecular weight is 304 g/mol. The molecule has 0 bridgehead atoms. The molecule has 0 spiro atoms. The van der Waals surface area contributed by atoms with Crippen molar-refractivity contribution in [2.75, 3.05) is 0 Å². The largest absolute Gasteiger partial charge is 0.267 e. The van der Waals surface area contributed by atoms with Crippen LogP contribution in [-0.4, -0.2) is 33.7 Å². The summed E-state index contributed by atoms with van der Waals surface area (Å²) < 4.78 is 5.57. The van der Waals surface area contributed by atoms with Gasteiger partial charge in [-0.05, 0) is 75.4 Å². The van der Waals surface area contributed by atoms with Crippen LogP contribution in [0.2, 0.25) is 13.1 Å². The third-order valence-corrected chi connectivity index (χ3v) is 13.4. The summed E-state index contributed by atoms with van der Waals surface area (Å²) in [6, 6.07) is 0. The summed E-state index contributed by atoms with van der Waals surface area (Å²) in [4.78, 5) is 0. The lowest BCUT2D eigenvalue weighted by Gasteiger charge is -2.70. The number of nitrogens with one attached hydrogen (secondary N) is 1. The molecule has 0 aromatic rings. The van der Waals surface area contributed by atoms with E-state index < -0.39 is 16.8 Å². The van der Waals surface area contributed by atoms with E-state index in [-0.39, 0.29) is 16.6 Å². The topological polar surface area (TPSA) is 18.5 Å². The van der Waals surface area contributed by atoms with Gasteiger partial charge in [-0.15, -0.1) is 0 Å². The third-order valence-electron chi connectivity index (χ3n) is 3.12. The second kappa shape index (κ2) is 4.77. The molecule has 5 heteroatoms. The van der Waals surface area contributed by atoms with Crippen molar-refractivity contribution in [1.29, 1.82) is 0 Å². The predicted molar refractivity (Wildman–Crippen MR) is 90.5 cm³/mol. The highest BCUT2D eigenvalue weighted by molar-refractivity contribution is 7.60. The van der Waals surface area contributed by atoms with Crippen molar-refractivity contribution >= 4 is 16.8 Å². The highest BCUT2D eigenvalue weighted by atomic mass is 31.2. The Balaban J connectivity index is 3.12. The first-order valence-electron chi connectivity index (χ1n) is 7.27. The van der Waals surface area contributed by atoms with Gasteiger partial charge in [0.2, 0.25) is 8.40 Å². The Labute approximate surface area is 123 Å². The van der Waals surface area contributed by atoms with Gasteiger partial charge in [0.05, 0.1) is 0 Å². The minimum atomic E-state index is -1.51. The molecule has 1 fully saturated rings. The molecule has 1 aliphatic heterocycles. The van der Waals surface area contributed by atoms with Gasteiger partial charge in [-0.25, -0.2) is 0 Å². The maximum Gasteiger partial charge on any atom is 0.212 e. The molecule has 0 aromatic carbocycles. The summed E-state index contributed by atoms with van der Waals surface area (Å²) in [7, 11) is -1.91. The molecule has 0 radical (unpaired) electrons. The molecule has 1 saturated heterocycles. The summed E-state index contributed by atoms with van der Waals surface area (Å²) >= 11 is 0. The van der Waals surface area contributed by atoms with Crippen molar-refractivity contribution in [2.24, 2.45) is 0 Å². The summed E-state index contributed by atoms with van der Waals surface area (Å²) in [6.45, 7) is 25.9. The fourth-order valence-electron chi connectivity index (χ4n) is 3.22. The van der Waals surface area contributed by atoms with Crippen molar-refractivity contribution in [3.05, 3.63) is 0 Å². The van der Waals surface area contributed by atoms with Crippen LogP contribution in [-0.2, 0) is 0 Å². The normalized spacial score (nSPS) is 23.5. The molecule has 19 heavy (non-hydrogen) atoms. The van der Waals surface area contributed by atoms with Gasteiger partial charge in [0.1, 0.15) is 8.37 Å². The van der Waals surface area contributed by atoms with Gasteiger partial charge in [0.25, 0.3) is 0 Å². The monoisotopic (exact) mass is 303 g/mol. The first-order chi connectivity index (χ1) is 8.08. The molecule has 1 rings (SSSR count). The molecule has 0 aromatic heterocycles. The summed E-state index contributed by atoms with van der Waals surface area (Å²) in [6.07, 6.45) is 0. The van der Waals surface area contributed by atoms with Gasteiger partial charge < -0.3 is 0 Å². The molecule has 0 unspecified atom stereocenters. The predicted octanol–water partition coefficient (Wildman–Crippen LogP) is 4.52. The van der Waals surface area contributed by atoms with E-state index in [0.29, 0.717) is 0 Å². The van der Waals surface area contributed by atoms with Gasteiger partial charge in [0.15, 0.2) is 0 Å². The van der Waals surface area contributed by atoms with E-state index in [1.165, 1.54) is 0 Å². The first-order valence-corrected chi connectivity index (χ1v) is 11.4. The molecular weight excluding hydrogens is 269 g/mol. The SMILES string of the molecule is CC(C)(C)NP1N(C(C)(C)C)[Si](C)(C)N1C(C)(C)C. The van der Waals surface area contributed by atoms with Crippen LogP contribution >= 0.6 is 8.37 Å². The second-order valence-electron chi connectivity index (χ2n) is 9.11. The lowest BCUT2D eigenvalue weighted by atomic mass is 10.1. The van der Waals surface area contributed by atoms with E-state index in [2.05, 4.69) is 89.2 Å². The molecule has 1 N–H and O–H groups in total. The molecule has 114 valence electrons. The van der Waals surface area contributed by atoms with Crippen molar-refractivity contribution < 1.29 is 0 Å². The van der Waals surface area contributed by atoms with E-state index in [1.54, 1.807) is 0 Å².